The smallest absolute Gasteiger partial charge is 0.0703 e. The van der Waals surface area contributed by atoms with E-state index in [0.717, 1.165) is 17.8 Å². The van der Waals surface area contributed by atoms with Crippen molar-refractivity contribution in [3.8, 4) is 0 Å². The third-order valence-electron chi connectivity index (χ3n) is 3.14. The summed E-state index contributed by atoms with van der Waals surface area (Å²) >= 11 is 0. The Labute approximate surface area is 108 Å². The van der Waals surface area contributed by atoms with Crippen LogP contribution in [0.1, 0.15) is 22.3 Å². The van der Waals surface area contributed by atoms with E-state index < -0.39 is 0 Å². The highest BCUT2D eigenvalue weighted by Gasteiger charge is 2.01. The van der Waals surface area contributed by atoms with Gasteiger partial charge in [-0.2, -0.15) is 0 Å². The van der Waals surface area contributed by atoms with Gasteiger partial charge in [-0.3, -0.25) is 4.98 Å². The highest BCUT2D eigenvalue weighted by molar-refractivity contribution is 5.49. The number of aliphatic hydroxyl groups is 1. The summed E-state index contributed by atoms with van der Waals surface area (Å²) in [4.78, 5) is 4.06. The molecule has 0 spiro atoms. The van der Waals surface area contributed by atoms with E-state index in [0.29, 0.717) is 0 Å². The molecule has 0 aliphatic rings. The molecule has 0 unspecified atom stereocenters. The molecule has 0 aliphatic carbocycles. The van der Waals surface area contributed by atoms with Gasteiger partial charge in [0.1, 0.15) is 0 Å². The van der Waals surface area contributed by atoms with Crippen molar-refractivity contribution in [3.63, 3.8) is 0 Å². The lowest BCUT2D eigenvalue weighted by Gasteiger charge is -2.11. The maximum absolute atomic E-state index is 9.23. The van der Waals surface area contributed by atoms with E-state index >= 15 is 0 Å². The van der Waals surface area contributed by atoms with Crippen LogP contribution in [0.15, 0.2) is 36.7 Å². The Morgan fingerprint density at radius 1 is 1.17 bits per heavy atom. The topological polar surface area (TPSA) is 45.2 Å². The molecule has 0 saturated heterocycles. The van der Waals surface area contributed by atoms with Gasteiger partial charge in [-0.25, -0.2) is 0 Å². The van der Waals surface area contributed by atoms with Crippen molar-refractivity contribution in [3.05, 3.63) is 58.9 Å². The van der Waals surface area contributed by atoms with Crippen LogP contribution in [-0.2, 0) is 13.2 Å². The van der Waals surface area contributed by atoms with Crippen molar-refractivity contribution < 1.29 is 5.11 Å². The normalized spacial score (nSPS) is 10.4. The van der Waals surface area contributed by atoms with Gasteiger partial charge in [0.05, 0.1) is 18.5 Å². The van der Waals surface area contributed by atoms with Crippen LogP contribution < -0.4 is 5.32 Å². The van der Waals surface area contributed by atoms with Crippen LogP contribution in [0.3, 0.4) is 0 Å². The minimum absolute atomic E-state index is 0.0256. The first-order chi connectivity index (χ1) is 8.70. The molecule has 3 heteroatoms. The van der Waals surface area contributed by atoms with Crippen LogP contribution in [0.4, 0.5) is 5.69 Å². The van der Waals surface area contributed by atoms with Crippen molar-refractivity contribution in [2.45, 2.75) is 27.0 Å². The summed E-state index contributed by atoms with van der Waals surface area (Å²) in [5, 5.41) is 12.5. The fourth-order valence-electron chi connectivity index (χ4n) is 1.83. The van der Waals surface area contributed by atoms with Gasteiger partial charge >= 0.3 is 0 Å². The first-order valence-corrected chi connectivity index (χ1v) is 6.04. The molecule has 0 saturated carbocycles. The zero-order chi connectivity index (χ0) is 13.0. The van der Waals surface area contributed by atoms with E-state index in [1.54, 1.807) is 12.4 Å². The molecule has 0 atom stereocenters. The Morgan fingerprint density at radius 3 is 2.72 bits per heavy atom. The third kappa shape index (κ3) is 2.87. The molecule has 94 valence electrons. The van der Waals surface area contributed by atoms with E-state index in [1.807, 2.05) is 6.07 Å². The number of pyridine rings is 1. The summed E-state index contributed by atoms with van der Waals surface area (Å²) in [5.41, 5.74) is 5.58. The lowest BCUT2D eigenvalue weighted by atomic mass is 10.1. The number of nitrogens with zero attached hydrogens (tertiary/aromatic N) is 1. The molecule has 1 aromatic carbocycles. The van der Waals surface area contributed by atoms with Gasteiger partial charge in [-0.1, -0.05) is 18.2 Å². The lowest BCUT2D eigenvalue weighted by Crippen LogP contribution is -2.03. The number of hydrogen-bond acceptors (Lipinski definition) is 3. The van der Waals surface area contributed by atoms with Gasteiger partial charge in [0.15, 0.2) is 0 Å². The molecule has 1 aromatic heterocycles. The first kappa shape index (κ1) is 12.6. The Hall–Kier alpha value is -1.87. The molecule has 18 heavy (non-hydrogen) atoms. The SMILES string of the molecule is Cc1ccc(CNc2cnccc2CO)cc1C. The molecule has 2 aromatic rings. The highest BCUT2D eigenvalue weighted by atomic mass is 16.3. The second-order valence-corrected chi connectivity index (χ2v) is 4.46. The lowest BCUT2D eigenvalue weighted by molar-refractivity contribution is 0.282. The Bertz CT molecular complexity index is 538. The third-order valence-corrected chi connectivity index (χ3v) is 3.14. The largest absolute Gasteiger partial charge is 0.392 e. The highest BCUT2D eigenvalue weighted by Crippen LogP contribution is 2.16. The number of rotatable bonds is 4. The van der Waals surface area contributed by atoms with Crippen molar-refractivity contribution in [2.75, 3.05) is 5.32 Å². The number of nitrogens with one attached hydrogen (secondary N) is 1. The van der Waals surface area contributed by atoms with E-state index in [4.69, 9.17) is 0 Å². The van der Waals surface area contributed by atoms with Crippen molar-refractivity contribution >= 4 is 5.69 Å². The van der Waals surface area contributed by atoms with Gasteiger partial charge in [-0.15, -0.1) is 0 Å². The number of aliphatic hydroxyl groups excluding tert-OH is 1. The molecule has 0 radical (unpaired) electrons. The Balaban J connectivity index is 2.09. The molecule has 2 N–H and O–H groups in total. The summed E-state index contributed by atoms with van der Waals surface area (Å²) in [6, 6.07) is 8.24. The van der Waals surface area contributed by atoms with Gasteiger partial charge in [0.2, 0.25) is 0 Å². The van der Waals surface area contributed by atoms with Gasteiger partial charge in [-0.05, 0) is 36.6 Å². The monoisotopic (exact) mass is 242 g/mol. The van der Waals surface area contributed by atoms with E-state index in [1.165, 1.54) is 16.7 Å². The second kappa shape index (κ2) is 5.65. The number of aromatic nitrogens is 1. The standard InChI is InChI=1S/C15H18N2O/c1-11-3-4-13(7-12(11)2)8-17-15-9-16-6-5-14(15)10-18/h3-7,9,17-18H,8,10H2,1-2H3. The van der Waals surface area contributed by atoms with Crippen LogP contribution in [-0.4, -0.2) is 10.1 Å². The van der Waals surface area contributed by atoms with Crippen molar-refractivity contribution in [1.82, 2.24) is 4.98 Å². The Morgan fingerprint density at radius 2 is 2.00 bits per heavy atom. The molecule has 0 fully saturated rings. The summed E-state index contributed by atoms with van der Waals surface area (Å²) in [6.07, 6.45) is 3.43. The van der Waals surface area contributed by atoms with Crippen LogP contribution in [0.25, 0.3) is 0 Å². The quantitative estimate of drug-likeness (QED) is 0.866. The summed E-state index contributed by atoms with van der Waals surface area (Å²) in [5.74, 6) is 0. The fourth-order valence-corrected chi connectivity index (χ4v) is 1.83. The minimum atomic E-state index is 0.0256. The van der Waals surface area contributed by atoms with E-state index in [-0.39, 0.29) is 6.61 Å². The molecule has 0 bridgehead atoms. The zero-order valence-corrected chi connectivity index (χ0v) is 10.8. The number of hydrogen-bond donors (Lipinski definition) is 2. The van der Waals surface area contributed by atoms with E-state index in [9.17, 15) is 5.11 Å². The molecular formula is C15H18N2O. The van der Waals surface area contributed by atoms with Gasteiger partial charge in [0.25, 0.3) is 0 Å². The van der Waals surface area contributed by atoms with Crippen LogP contribution in [0, 0.1) is 13.8 Å². The van der Waals surface area contributed by atoms with Crippen LogP contribution in [0.5, 0.6) is 0 Å². The molecular weight excluding hydrogens is 224 g/mol. The zero-order valence-electron chi connectivity index (χ0n) is 10.8. The van der Waals surface area contributed by atoms with Crippen LogP contribution >= 0.6 is 0 Å². The van der Waals surface area contributed by atoms with Gasteiger partial charge in [0, 0.05) is 18.3 Å². The predicted molar refractivity (Wildman–Crippen MR) is 73.4 cm³/mol. The molecule has 0 aliphatic heterocycles. The predicted octanol–water partition coefficient (Wildman–Crippen LogP) is 2.80. The summed E-state index contributed by atoms with van der Waals surface area (Å²) in [6.45, 7) is 4.98. The Kier molecular flexibility index (Phi) is 3.95. The van der Waals surface area contributed by atoms with Crippen molar-refractivity contribution in [2.24, 2.45) is 0 Å². The maximum Gasteiger partial charge on any atom is 0.0703 e. The average Bonchev–Trinajstić information content (AvgIpc) is 2.40. The second-order valence-electron chi connectivity index (χ2n) is 4.46. The first-order valence-electron chi connectivity index (χ1n) is 6.04. The summed E-state index contributed by atoms with van der Waals surface area (Å²) < 4.78 is 0. The molecule has 1 heterocycles. The fraction of sp³-hybridized carbons (Fsp3) is 0.267. The van der Waals surface area contributed by atoms with Crippen molar-refractivity contribution in [1.29, 1.82) is 0 Å². The van der Waals surface area contributed by atoms with Crippen LogP contribution in [0.2, 0.25) is 0 Å². The number of benzene rings is 1. The van der Waals surface area contributed by atoms with Gasteiger partial charge < -0.3 is 10.4 Å². The van der Waals surface area contributed by atoms with E-state index in [2.05, 4.69) is 42.3 Å². The summed E-state index contributed by atoms with van der Waals surface area (Å²) in [7, 11) is 0. The number of aryl methyl sites for hydroxylation is 2. The minimum Gasteiger partial charge on any atom is -0.392 e. The maximum atomic E-state index is 9.23. The average molecular weight is 242 g/mol. The molecule has 0 amide bonds. The number of anilines is 1. The molecule has 2 rings (SSSR count). The molecule has 3 nitrogen and oxygen atoms in total.